The lowest BCUT2D eigenvalue weighted by Crippen LogP contribution is -1.62. The molecule has 42 valence electrons. The number of rotatable bonds is 0. The van der Waals surface area contributed by atoms with E-state index in [1.165, 1.54) is 0 Å². The number of benzene rings is 1. The van der Waals surface area contributed by atoms with Gasteiger partial charge in [-0.3, -0.25) is 0 Å². The first-order valence-electron chi connectivity index (χ1n) is 2.82. The van der Waals surface area contributed by atoms with Gasteiger partial charge in [-0.1, -0.05) is 12.1 Å². The summed E-state index contributed by atoms with van der Waals surface area (Å²) in [5, 5.41) is 1.09. The Bertz CT molecular complexity index is 279. The zero-order chi connectivity index (χ0) is 6.10. The van der Waals surface area contributed by atoms with E-state index >= 15 is 0 Å². The van der Waals surface area contributed by atoms with Crippen LogP contribution in [0.1, 0.15) is 0 Å². The summed E-state index contributed by atoms with van der Waals surface area (Å²) in [4.78, 5) is 2.96. The lowest BCUT2D eigenvalue weighted by molar-refractivity contribution is 1.46. The maximum atomic E-state index is 3.07. The van der Waals surface area contributed by atoms with Crippen molar-refractivity contribution in [1.29, 1.82) is 0 Å². The van der Waals surface area contributed by atoms with Crippen LogP contribution in [0.25, 0.3) is 10.9 Å². The van der Waals surface area contributed by atoms with Gasteiger partial charge in [0.1, 0.15) is 0 Å². The van der Waals surface area contributed by atoms with Gasteiger partial charge in [0.15, 0.2) is 0 Å². The van der Waals surface area contributed by atoms with Crippen LogP contribution in [-0.4, -0.2) is 4.98 Å². The molecule has 0 unspecified atom stereocenters. The molecule has 0 aliphatic carbocycles. The Morgan fingerprint density at radius 1 is 1.44 bits per heavy atom. The Morgan fingerprint density at radius 3 is 3.33 bits per heavy atom. The zero-order valence-electron chi connectivity index (χ0n) is 4.81. The standard InChI is InChI=1S/C8H5N/c1-2-4-8-7(3-1)5-6-9-8/h1-2,4-5,9H. The van der Waals surface area contributed by atoms with Crippen molar-refractivity contribution in [2.75, 3.05) is 0 Å². The third-order valence-corrected chi connectivity index (χ3v) is 1.31. The highest BCUT2D eigenvalue weighted by atomic mass is 14.6. The molecule has 0 aliphatic rings. The Kier molecular flexibility index (Phi) is 0.833. The highest BCUT2D eigenvalue weighted by molar-refractivity contribution is 5.77. The summed E-state index contributed by atoms with van der Waals surface area (Å²) in [6.45, 7) is 0. The second-order valence-electron chi connectivity index (χ2n) is 1.91. The first-order chi connectivity index (χ1) is 4.47. The predicted octanol–water partition coefficient (Wildman–Crippen LogP) is 1.77. The second kappa shape index (κ2) is 1.62. The highest BCUT2D eigenvalue weighted by Gasteiger charge is 1.87. The van der Waals surface area contributed by atoms with Crippen LogP contribution in [0.15, 0.2) is 24.3 Å². The molecule has 1 aromatic carbocycles. The number of hydrogen-bond acceptors (Lipinski definition) is 0. The van der Waals surface area contributed by atoms with Gasteiger partial charge in [0.25, 0.3) is 0 Å². The van der Waals surface area contributed by atoms with Gasteiger partial charge in [-0.25, -0.2) is 0 Å². The lowest BCUT2D eigenvalue weighted by Gasteiger charge is -1.82. The van der Waals surface area contributed by atoms with Crippen LogP contribution in [0.4, 0.5) is 0 Å². The average molecular weight is 115 g/mol. The second-order valence-corrected chi connectivity index (χ2v) is 1.91. The van der Waals surface area contributed by atoms with Crippen molar-refractivity contribution < 1.29 is 0 Å². The minimum absolute atomic E-state index is 1.09. The molecule has 0 spiro atoms. The van der Waals surface area contributed by atoms with Crippen LogP contribution in [-0.2, 0) is 0 Å². The van der Waals surface area contributed by atoms with Gasteiger partial charge in [0, 0.05) is 10.9 Å². The van der Waals surface area contributed by atoms with E-state index in [1.54, 1.807) is 0 Å². The number of hydrogen-bond donors (Lipinski definition) is 1. The molecular weight excluding hydrogens is 110 g/mol. The van der Waals surface area contributed by atoms with E-state index in [0.29, 0.717) is 0 Å². The van der Waals surface area contributed by atoms with Crippen LogP contribution in [0.3, 0.4) is 0 Å². The molecule has 1 heteroatoms. The van der Waals surface area contributed by atoms with Gasteiger partial charge in [0.05, 0.1) is 6.20 Å². The number of aromatic nitrogens is 1. The summed E-state index contributed by atoms with van der Waals surface area (Å²) in [6.07, 6.45) is 2.88. The number of nitrogens with one attached hydrogen (secondary N) is 1. The fraction of sp³-hybridized carbons (Fsp3) is 0. The van der Waals surface area contributed by atoms with E-state index in [4.69, 9.17) is 0 Å². The molecule has 0 bridgehead atoms. The largest absolute Gasteiger partial charge is 0.353 e. The molecular formula is C8H5N. The van der Waals surface area contributed by atoms with Gasteiger partial charge in [-0.15, -0.1) is 0 Å². The van der Waals surface area contributed by atoms with Crippen LogP contribution in [0, 0.1) is 12.3 Å². The predicted molar refractivity (Wildman–Crippen MR) is 36.0 cm³/mol. The molecule has 2 radical (unpaired) electrons. The fourth-order valence-electron chi connectivity index (χ4n) is 0.864. The third kappa shape index (κ3) is 0.617. The lowest BCUT2D eigenvalue weighted by atomic mass is 10.3. The minimum atomic E-state index is 1.09. The van der Waals surface area contributed by atoms with E-state index in [9.17, 15) is 0 Å². The molecule has 0 aliphatic heterocycles. The van der Waals surface area contributed by atoms with Gasteiger partial charge in [-0.05, 0) is 18.2 Å². The molecule has 0 saturated heterocycles. The minimum Gasteiger partial charge on any atom is -0.353 e. The van der Waals surface area contributed by atoms with Crippen LogP contribution in [0.5, 0.6) is 0 Å². The van der Waals surface area contributed by atoms with Crippen molar-refractivity contribution in [3.05, 3.63) is 36.5 Å². The molecule has 0 amide bonds. The van der Waals surface area contributed by atoms with Crippen molar-refractivity contribution in [1.82, 2.24) is 4.98 Å². The summed E-state index contributed by atoms with van der Waals surface area (Å²) in [5.74, 6) is 0. The Labute approximate surface area is 53.3 Å². The Morgan fingerprint density at radius 2 is 2.44 bits per heavy atom. The normalized spacial score (nSPS) is 10.2. The summed E-state index contributed by atoms with van der Waals surface area (Å²) in [7, 11) is 0. The quantitative estimate of drug-likeness (QED) is 0.538. The SMILES string of the molecule is [c]1cc2[c]cccc2[nH]1. The van der Waals surface area contributed by atoms with Crippen molar-refractivity contribution in [3.63, 3.8) is 0 Å². The van der Waals surface area contributed by atoms with Crippen LogP contribution >= 0.6 is 0 Å². The van der Waals surface area contributed by atoms with Gasteiger partial charge in [0.2, 0.25) is 0 Å². The number of fused-ring (bicyclic) bond motifs is 1. The maximum absolute atomic E-state index is 3.07. The Balaban J connectivity index is 2.95. The van der Waals surface area contributed by atoms with E-state index in [1.807, 2.05) is 24.3 Å². The summed E-state index contributed by atoms with van der Waals surface area (Å²) in [6, 6.07) is 10.8. The van der Waals surface area contributed by atoms with E-state index in [2.05, 4.69) is 17.2 Å². The third-order valence-electron chi connectivity index (χ3n) is 1.31. The molecule has 1 N–H and O–H groups in total. The topological polar surface area (TPSA) is 15.8 Å². The molecule has 0 atom stereocenters. The van der Waals surface area contributed by atoms with Crippen LogP contribution in [0.2, 0.25) is 0 Å². The molecule has 1 heterocycles. The smallest absolute Gasteiger partial charge is 0.0630 e. The van der Waals surface area contributed by atoms with E-state index in [-0.39, 0.29) is 0 Å². The van der Waals surface area contributed by atoms with Crippen molar-refractivity contribution in [3.8, 4) is 0 Å². The maximum Gasteiger partial charge on any atom is 0.0630 e. The van der Waals surface area contributed by atoms with Crippen molar-refractivity contribution >= 4 is 10.9 Å². The van der Waals surface area contributed by atoms with Gasteiger partial charge < -0.3 is 4.98 Å². The highest BCUT2D eigenvalue weighted by Crippen LogP contribution is 2.07. The van der Waals surface area contributed by atoms with Gasteiger partial charge in [-0.2, -0.15) is 0 Å². The van der Waals surface area contributed by atoms with Crippen molar-refractivity contribution in [2.45, 2.75) is 0 Å². The van der Waals surface area contributed by atoms with Gasteiger partial charge >= 0.3 is 0 Å². The molecule has 2 rings (SSSR count). The summed E-state index contributed by atoms with van der Waals surface area (Å²) < 4.78 is 0. The van der Waals surface area contributed by atoms with Crippen LogP contribution < -0.4 is 0 Å². The molecule has 1 nitrogen and oxygen atoms in total. The first-order valence-corrected chi connectivity index (χ1v) is 2.82. The monoisotopic (exact) mass is 115 g/mol. The number of H-pyrrole nitrogens is 1. The Hall–Kier alpha value is -1.24. The van der Waals surface area contributed by atoms with Crippen molar-refractivity contribution in [2.24, 2.45) is 0 Å². The summed E-state index contributed by atoms with van der Waals surface area (Å²) >= 11 is 0. The molecule has 2 aromatic rings. The van der Waals surface area contributed by atoms with E-state index < -0.39 is 0 Å². The fourth-order valence-corrected chi connectivity index (χ4v) is 0.864. The number of aromatic amines is 1. The average Bonchev–Trinajstić information content (AvgIpc) is 2.33. The first kappa shape index (κ1) is 4.62. The molecule has 9 heavy (non-hydrogen) atoms. The zero-order valence-corrected chi connectivity index (χ0v) is 4.81. The summed E-state index contributed by atoms with van der Waals surface area (Å²) in [5.41, 5.74) is 1.09. The molecule has 0 saturated carbocycles. The molecule has 0 fully saturated rings. The molecule has 1 aromatic heterocycles. The van der Waals surface area contributed by atoms with E-state index in [0.717, 1.165) is 10.9 Å².